The van der Waals surface area contributed by atoms with E-state index in [9.17, 15) is 0 Å². The minimum absolute atomic E-state index is 0.244. The van der Waals surface area contributed by atoms with Gasteiger partial charge in [0.2, 0.25) is 0 Å². The number of methoxy groups -OCH3 is 1. The SMILES string of the molecule is COc1ccc(N2CCCNC(CCO)C2)cc1. The summed E-state index contributed by atoms with van der Waals surface area (Å²) in [6.07, 6.45) is 1.95. The van der Waals surface area contributed by atoms with E-state index in [0.29, 0.717) is 6.04 Å². The molecule has 1 unspecified atom stereocenters. The predicted molar refractivity (Wildman–Crippen MR) is 73.3 cm³/mol. The van der Waals surface area contributed by atoms with Crippen molar-refractivity contribution in [3.05, 3.63) is 24.3 Å². The smallest absolute Gasteiger partial charge is 0.119 e. The summed E-state index contributed by atoms with van der Waals surface area (Å²) in [5.74, 6) is 0.888. The van der Waals surface area contributed by atoms with Crippen molar-refractivity contribution in [2.75, 3.05) is 38.3 Å². The van der Waals surface area contributed by atoms with Gasteiger partial charge in [0.25, 0.3) is 0 Å². The van der Waals surface area contributed by atoms with Crippen LogP contribution in [0.2, 0.25) is 0 Å². The van der Waals surface area contributed by atoms with Gasteiger partial charge in [0, 0.05) is 31.4 Å². The monoisotopic (exact) mass is 250 g/mol. The van der Waals surface area contributed by atoms with Crippen molar-refractivity contribution in [3.63, 3.8) is 0 Å². The largest absolute Gasteiger partial charge is 0.497 e. The summed E-state index contributed by atoms with van der Waals surface area (Å²) in [5.41, 5.74) is 1.22. The third-order valence-electron chi connectivity index (χ3n) is 3.39. The van der Waals surface area contributed by atoms with Gasteiger partial charge >= 0.3 is 0 Å². The van der Waals surface area contributed by atoms with E-state index in [2.05, 4.69) is 22.3 Å². The summed E-state index contributed by atoms with van der Waals surface area (Å²) in [7, 11) is 1.68. The zero-order valence-corrected chi connectivity index (χ0v) is 10.9. The van der Waals surface area contributed by atoms with E-state index in [-0.39, 0.29) is 6.61 Å². The molecule has 0 saturated carbocycles. The molecule has 1 fully saturated rings. The molecule has 1 aliphatic rings. The Morgan fingerprint density at radius 3 is 2.83 bits per heavy atom. The van der Waals surface area contributed by atoms with Gasteiger partial charge in [-0.1, -0.05) is 0 Å². The van der Waals surface area contributed by atoms with Crippen LogP contribution in [0.15, 0.2) is 24.3 Å². The van der Waals surface area contributed by atoms with Gasteiger partial charge in [0.15, 0.2) is 0 Å². The van der Waals surface area contributed by atoms with E-state index in [4.69, 9.17) is 9.84 Å². The first kappa shape index (κ1) is 13.2. The molecule has 2 N–H and O–H groups in total. The number of hydrogen-bond donors (Lipinski definition) is 2. The molecule has 100 valence electrons. The van der Waals surface area contributed by atoms with Crippen molar-refractivity contribution in [1.82, 2.24) is 5.32 Å². The van der Waals surface area contributed by atoms with Gasteiger partial charge < -0.3 is 20.1 Å². The molecule has 0 amide bonds. The highest BCUT2D eigenvalue weighted by Crippen LogP contribution is 2.20. The Labute approximate surface area is 109 Å². The molecule has 1 aromatic rings. The van der Waals surface area contributed by atoms with E-state index < -0.39 is 0 Å². The van der Waals surface area contributed by atoms with Crippen LogP contribution in [0, 0.1) is 0 Å². The van der Waals surface area contributed by atoms with Crippen LogP contribution in [0.5, 0.6) is 5.75 Å². The first-order chi connectivity index (χ1) is 8.83. The Kier molecular flexibility index (Phi) is 4.84. The van der Waals surface area contributed by atoms with Crippen LogP contribution >= 0.6 is 0 Å². The molecule has 1 atom stereocenters. The Bertz CT molecular complexity index is 353. The maximum Gasteiger partial charge on any atom is 0.119 e. The van der Waals surface area contributed by atoms with Crippen molar-refractivity contribution in [2.45, 2.75) is 18.9 Å². The van der Waals surface area contributed by atoms with E-state index in [1.807, 2.05) is 12.1 Å². The molecule has 0 radical (unpaired) electrons. The number of aliphatic hydroxyl groups is 1. The molecule has 0 aromatic heterocycles. The molecule has 18 heavy (non-hydrogen) atoms. The molecule has 0 spiro atoms. The number of rotatable bonds is 4. The summed E-state index contributed by atoms with van der Waals surface area (Å²) >= 11 is 0. The first-order valence-corrected chi connectivity index (χ1v) is 6.56. The maximum absolute atomic E-state index is 9.06. The summed E-state index contributed by atoms with van der Waals surface area (Å²) in [6, 6.07) is 8.56. The van der Waals surface area contributed by atoms with Crippen LogP contribution in [0.3, 0.4) is 0 Å². The fourth-order valence-electron chi connectivity index (χ4n) is 2.37. The van der Waals surface area contributed by atoms with Gasteiger partial charge in [-0.3, -0.25) is 0 Å². The molecule has 2 rings (SSSR count). The third-order valence-corrected chi connectivity index (χ3v) is 3.39. The quantitative estimate of drug-likeness (QED) is 0.844. The van der Waals surface area contributed by atoms with Gasteiger partial charge in [0.05, 0.1) is 7.11 Å². The summed E-state index contributed by atoms with van der Waals surface area (Å²) in [5, 5.41) is 12.5. The van der Waals surface area contributed by atoms with E-state index in [1.54, 1.807) is 7.11 Å². The zero-order valence-electron chi connectivity index (χ0n) is 10.9. The van der Waals surface area contributed by atoms with Crippen LogP contribution in [-0.2, 0) is 0 Å². The number of nitrogens with one attached hydrogen (secondary N) is 1. The normalized spacial score (nSPS) is 20.6. The molecule has 0 aliphatic carbocycles. The Hall–Kier alpha value is -1.26. The van der Waals surface area contributed by atoms with Crippen LogP contribution in [0.1, 0.15) is 12.8 Å². The molecule has 1 saturated heterocycles. The highest BCUT2D eigenvalue weighted by molar-refractivity contribution is 5.49. The predicted octanol–water partition coefficient (Wildman–Crippen LogP) is 1.25. The van der Waals surface area contributed by atoms with Crippen molar-refractivity contribution in [2.24, 2.45) is 0 Å². The van der Waals surface area contributed by atoms with Crippen molar-refractivity contribution in [1.29, 1.82) is 0 Å². The van der Waals surface area contributed by atoms with Crippen molar-refractivity contribution >= 4 is 5.69 Å². The van der Waals surface area contributed by atoms with Crippen LogP contribution in [-0.4, -0.2) is 44.5 Å². The second-order valence-corrected chi connectivity index (χ2v) is 4.66. The number of ether oxygens (including phenoxy) is 1. The number of anilines is 1. The third kappa shape index (κ3) is 3.37. The van der Waals surface area contributed by atoms with Gasteiger partial charge in [-0.15, -0.1) is 0 Å². The lowest BCUT2D eigenvalue weighted by molar-refractivity contribution is 0.267. The first-order valence-electron chi connectivity index (χ1n) is 6.56. The van der Waals surface area contributed by atoms with Crippen LogP contribution in [0.25, 0.3) is 0 Å². The molecule has 4 heteroatoms. The second-order valence-electron chi connectivity index (χ2n) is 4.66. The van der Waals surface area contributed by atoms with E-state index in [1.165, 1.54) is 5.69 Å². The number of nitrogens with zero attached hydrogens (tertiary/aromatic N) is 1. The zero-order chi connectivity index (χ0) is 12.8. The highest BCUT2D eigenvalue weighted by atomic mass is 16.5. The lowest BCUT2D eigenvalue weighted by Gasteiger charge is -2.26. The number of hydrogen-bond acceptors (Lipinski definition) is 4. The van der Waals surface area contributed by atoms with Gasteiger partial charge in [-0.25, -0.2) is 0 Å². The fourth-order valence-corrected chi connectivity index (χ4v) is 2.37. The Morgan fingerprint density at radius 1 is 1.39 bits per heavy atom. The second kappa shape index (κ2) is 6.61. The molecule has 0 bridgehead atoms. The molecular formula is C14H22N2O2. The maximum atomic E-state index is 9.06. The van der Waals surface area contributed by atoms with Gasteiger partial charge in [-0.05, 0) is 43.7 Å². The summed E-state index contributed by atoms with van der Waals surface area (Å²) < 4.78 is 5.18. The lowest BCUT2D eigenvalue weighted by Crippen LogP contribution is -2.38. The highest BCUT2D eigenvalue weighted by Gasteiger charge is 2.17. The van der Waals surface area contributed by atoms with Gasteiger partial charge in [-0.2, -0.15) is 0 Å². The van der Waals surface area contributed by atoms with Gasteiger partial charge in [0.1, 0.15) is 5.75 Å². The standard InChI is InChI=1S/C14H22N2O2/c1-18-14-5-3-13(4-6-14)16-9-2-8-15-12(11-16)7-10-17/h3-6,12,15,17H,2,7-11H2,1H3. The molecule has 1 aliphatic heterocycles. The average Bonchev–Trinajstić information content (AvgIpc) is 2.65. The van der Waals surface area contributed by atoms with Crippen molar-refractivity contribution < 1.29 is 9.84 Å². The van der Waals surface area contributed by atoms with Crippen LogP contribution < -0.4 is 15.0 Å². The molecule has 1 aromatic carbocycles. The lowest BCUT2D eigenvalue weighted by atomic mass is 10.2. The molecular weight excluding hydrogens is 228 g/mol. The molecule has 1 heterocycles. The van der Waals surface area contributed by atoms with Crippen molar-refractivity contribution in [3.8, 4) is 5.75 Å². The average molecular weight is 250 g/mol. The Balaban J connectivity index is 2.04. The van der Waals surface area contributed by atoms with Crippen LogP contribution in [0.4, 0.5) is 5.69 Å². The Morgan fingerprint density at radius 2 is 2.17 bits per heavy atom. The van der Waals surface area contributed by atoms with E-state index >= 15 is 0 Å². The fraction of sp³-hybridized carbons (Fsp3) is 0.571. The summed E-state index contributed by atoms with van der Waals surface area (Å²) in [6.45, 7) is 3.28. The minimum Gasteiger partial charge on any atom is -0.497 e. The van der Waals surface area contributed by atoms with E-state index in [0.717, 1.165) is 38.2 Å². The number of benzene rings is 1. The number of aliphatic hydroxyl groups excluding tert-OH is 1. The topological polar surface area (TPSA) is 44.7 Å². The molecule has 4 nitrogen and oxygen atoms in total. The summed E-state index contributed by atoms with van der Waals surface area (Å²) in [4.78, 5) is 2.37. The minimum atomic E-state index is 0.244.